The number of hydrazone groups is 1. The van der Waals surface area contributed by atoms with Crippen molar-refractivity contribution in [1.82, 2.24) is 5.43 Å². The van der Waals surface area contributed by atoms with Crippen molar-refractivity contribution in [3.8, 4) is 17.1 Å². The number of hydrogen-bond donors (Lipinski definition) is 2. The molecule has 1 aromatic heterocycles. The number of carbonyl (C=O) groups excluding carboxylic acids is 1. The Morgan fingerprint density at radius 3 is 2.63 bits per heavy atom. The molecule has 0 saturated heterocycles. The molecule has 7 nitrogen and oxygen atoms in total. The van der Waals surface area contributed by atoms with Crippen molar-refractivity contribution < 1.29 is 23.8 Å². The molecule has 1 amide bonds. The van der Waals surface area contributed by atoms with Gasteiger partial charge in [-0.25, -0.2) is 10.2 Å². The van der Waals surface area contributed by atoms with Gasteiger partial charge in [0, 0.05) is 11.1 Å². The van der Waals surface area contributed by atoms with Gasteiger partial charge in [-0.05, 0) is 42.5 Å². The second kappa shape index (κ2) is 8.01. The Hall–Kier alpha value is -3.87. The zero-order valence-electron chi connectivity index (χ0n) is 14.4. The molecule has 27 heavy (non-hydrogen) atoms. The normalized spacial score (nSPS) is 10.7. The molecule has 0 saturated carbocycles. The molecule has 0 aliphatic rings. The number of benzene rings is 2. The molecule has 0 bridgehead atoms. The summed E-state index contributed by atoms with van der Waals surface area (Å²) in [5, 5.41) is 12.9. The monoisotopic (exact) mass is 364 g/mol. The summed E-state index contributed by atoms with van der Waals surface area (Å²) < 4.78 is 10.7. The third-order valence-corrected chi connectivity index (χ3v) is 3.71. The Morgan fingerprint density at radius 1 is 1.07 bits per heavy atom. The van der Waals surface area contributed by atoms with Gasteiger partial charge in [0.05, 0.1) is 18.9 Å². The molecule has 0 radical (unpaired) electrons. The van der Waals surface area contributed by atoms with Crippen molar-refractivity contribution >= 4 is 18.1 Å². The van der Waals surface area contributed by atoms with E-state index in [4.69, 9.17) is 14.3 Å². The summed E-state index contributed by atoms with van der Waals surface area (Å²) >= 11 is 0. The lowest BCUT2D eigenvalue weighted by Gasteiger charge is -2.02. The molecule has 2 aromatic carbocycles. The quantitative estimate of drug-likeness (QED) is 0.515. The number of nitrogens with one attached hydrogen (secondary N) is 1. The van der Waals surface area contributed by atoms with Gasteiger partial charge in [-0.2, -0.15) is 5.10 Å². The van der Waals surface area contributed by atoms with Crippen LogP contribution in [0, 0.1) is 0 Å². The summed E-state index contributed by atoms with van der Waals surface area (Å²) in [6.07, 6.45) is 1.36. The maximum absolute atomic E-state index is 12.1. The number of aromatic carboxylic acids is 1. The predicted octanol–water partition coefficient (Wildman–Crippen LogP) is 3.42. The van der Waals surface area contributed by atoms with Crippen LogP contribution >= 0.6 is 0 Å². The summed E-state index contributed by atoms with van der Waals surface area (Å²) in [4.78, 5) is 23.1. The number of carboxylic acids is 1. The Balaban J connectivity index is 1.67. The molecule has 0 atom stereocenters. The Morgan fingerprint density at radius 2 is 1.85 bits per heavy atom. The van der Waals surface area contributed by atoms with Gasteiger partial charge in [-0.1, -0.05) is 18.2 Å². The molecule has 0 spiro atoms. The predicted molar refractivity (Wildman–Crippen MR) is 99.2 cm³/mol. The number of hydrogen-bond acceptors (Lipinski definition) is 5. The minimum absolute atomic E-state index is 0.171. The van der Waals surface area contributed by atoms with Crippen LogP contribution in [0.3, 0.4) is 0 Å². The Kier molecular flexibility index (Phi) is 5.32. The Labute approximate surface area is 154 Å². The van der Waals surface area contributed by atoms with Crippen molar-refractivity contribution in [1.29, 1.82) is 0 Å². The molecule has 1 heterocycles. The van der Waals surface area contributed by atoms with Gasteiger partial charge >= 0.3 is 5.97 Å². The zero-order chi connectivity index (χ0) is 19.2. The Bertz CT molecular complexity index is 1010. The van der Waals surface area contributed by atoms with Crippen LogP contribution < -0.4 is 10.2 Å². The summed E-state index contributed by atoms with van der Waals surface area (Å²) in [6, 6.07) is 16.5. The van der Waals surface area contributed by atoms with Crippen molar-refractivity contribution in [3.63, 3.8) is 0 Å². The minimum atomic E-state index is -1.01. The van der Waals surface area contributed by atoms with Gasteiger partial charge in [0.25, 0.3) is 5.91 Å². The highest BCUT2D eigenvalue weighted by atomic mass is 16.5. The number of rotatable bonds is 6. The fourth-order valence-electron chi connectivity index (χ4n) is 2.37. The third-order valence-electron chi connectivity index (χ3n) is 3.71. The topological polar surface area (TPSA) is 101 Å². The van der Waals surface area contributed by atoms with E-state index in [-0.39, 0.29) is 11.5 Å². The van der Waals surface area contributed by atoms with Gasteiger partial charge in [0.15, 0.2) is 0 Å². The number of ether oxygens (including phenoxy) is 1. The fourth-order valence-corrected chi connectivity index (χ4v) is 2.37. The van der Waals surface area contributed by atoms with Crippen LogP contribution in [0.1, 0.15) is 26.5 Å². The van der Waals surface area contributed by atoms with E-state index < -0.39 is 5.97 Å². The number of furan rings is 1. The van der Waals surface area contributed by atoms with E-state index in [0.29, 0.717) is 28.4 Å². The second-order valence-corrected chi connectivity index (χ2v) is 5.52. The molecule has 7 heteroatoms. The highest BCUT2D eigenvalue weighted by Crippen LogP contribution is 2.22. The first-order chi connectivity index (χ1) is 13.1. The maximum Gasteiger partial charge on any atom is 0.335 e. The number of amides is 1. The standard InChI is InChI=1S/C20H16N2O5/c1-26-16-7-3-5-14(11-16)19(23)22-21-12-17-8-9-18(27-17)13-4-2-6-15(10-13)20(24)25/h2-12H,1H3,(H,22,23)(H,24,25)/b21-12-. The second-order valence-electron chi connectivity index (χ2n) is 5.52. The lowest BCUT2D eigenvalue weighted by atomic mass is 10.1. The first-order valence-corrected chi connectivity index (χ1v) is 7.98. The van der Waals surface area contributed by atoms with E-state index in [2.05, 4.69) is 10.5 Å². The molecule has 2 N–H and O–H groups in total. The first-order valence-electron chi connectivity index (χ1n) is 7.98. The van der Waals surface area contributed by atoms with E-state index in [1.165, 1.54) is 25.5 Å². The largest absolute Gasteiger partial charge is 0.497 e. The number of methoxy groups -OCH3 is 1. The fraction of sp³-hybridized carbons (Fsp3) is 0.0500. The lowest BCUT2D eigenvalue weighted by Crippen LogP contribution is -2.17. The van der Waals surface area contributed by atoms with Gasteiger partial charge in [-0.15, -0.1) is 0 Å². The van der Waals surface area contributed by atoms with Crippen LogP contribution in [-0.4, -0.2) is 30.3 Å². The average Bonchev–Trinajstić information content (AvgIpc) is 3.17. The number of carboxylic acid groups (broad SMARTS) is 1. The van der Waals surface area contributed by atoms with E-state index in [0.717, 1.165) is 0 Å². The van der Waals surface area contributed by atoms with Crippen LogP contribution in [0.25, 0.3) is 11.3 Å². The van der Waals surface area contributed by atoms with E-state index in [1.807, 2.05) is 0 Å². The molecule has 0 unspecified atom stereocenters. The van der Waals surface area contributed by atoms with Crippen LogP contribution in [0.15, 0.2) is 70.2 Å². The van der Waals surface area contributed by atoms with Crippen molar-refractivity contribution in [3.05, 3.63) is 77.6 Å². The molecule has 3 aromatic rings. The van der Waals surface area contributed by atoms with Crippen molar-refractivity contribution in [2.24, 2.45) is 5.10 Å². The zero-order valence-corrected chi connectivity index (χ0v) is 14.4. The highest BCUT2D eigenvalue weighted by Gasteiger charge is 2.08. The van der Waals surface area contributed by atoms with Crippen LogP contribution in [0.2, 0.25) is 0 Å². The van der Waals surface area contributed by atoms with E-state index in [9.17, 15) is 9.59 Å². The van der Waals surface area contributed by atoms with Crippen molar-refractivity contribution in [2.45, 2.75) is 0 Å². The SMILES string of the molecule is COc1cccc(C(=O)N/N=C\c2ccc(-c3cccc(C(=O)O)c3)o2)c1. The molecular weight excluding hydrogens is 348 g/mol. The van der Waals surface area contributed by atoms with Gasteiger partial charge in [-0.3, -0.25) is 4.79 Å². The van der Waals surface area contributed by atoms with Crippen LogP contribution in [0.4, 0.5) is 0 Å². The van der Waals surface area contributed by atoms with Crippen LogP contribution in [0.5, 0.6) is 5.75 Å². The molecule has 0 fully saturated rings. The van der Waals surface area contributed by atoms with Gasteiger partial charge < -0.3 is 14.3 Å². The number of carbonyl (C=O) groups is 2. The summed E-state index contributed by atoms with van der Waals surface area (Å²) in [7, 11) is 1.52. The molecule has 136 valence electrons. The summed E-state index contributed by atoms with van der Waals surface area (Å²) in [5.41, 5.74) is 3.63. The van der Waals surface area contributed by atoms with Crippen molar-refractivity contribution in [2.75, 3.05) is 7.11 Å². The first kappa shape index (κ1) is 17.9. The smallest absolute Gasteiger partial charge is 0.335 e. The molecule has 3 rings (SSSR count). The average molecular weight is 364 g/mol. The summed E-state index contributed by atoms with van der Waals surface area (Å²) in [6.45, 7) is 0. The van der Waals surface area contributed by atoms with E-state index in [1.54, 1.807) is 48.5 Å². The number of nitrogens with zero attached hydrogens (tertiary/aromatic N) is 1. The summed E-state index contributed by atoms with van der Waals surface area (Å²) in [5.74, 6) is 0.0952. The van der Waals surface area contributed by atoms with Gasteiger partial charge in [0.1, 0.15) is 17.3 Å². The lowest BCUT2D eigenvalue weighted by molar-refractivity contribution is 0.0696. The van der Waals surface area contributed by atoms with Crippen LogP contribution in [-0.2, 0) is 0 Å². The third kappa shape index (κ3) is 4.40. The molecular formula is C20H16N2O5. The van der Waals surface area contributed by atoms with E-state index >= 15 is 0 Å². The molecule has 0 aliphatic heterocycles. The minimum Gasteiger partial charge on any atom is -0.497 e. The molecule has 0 aliphatic carbocycles. The maximum atomic E-state index is 12.1. The van der Waals surface area contributed by atoms with Gasteiger partial charge in [0.2, 0.25) is 0 Å². The highest BCUT2D eigenvalue weighted by molar-refractivity contribution is 5.95.